The molecule has 9 heteroatoms. The number of anilines is 3. The average molecular weight is 471 g/mol. The number of carbonyl (C=O) groups excluding carboxylic acids is 1. The van der Waals surface area contributed by atoms with Gasteiger partial charge in [0.25, 0.3) is 0 Å². The van der Waals surface area contributed by atoms with Crippen molar-refractivity contribution in [1.29, 1.82) is 5.26 Å². The second-order valence-corrected chi connectivity index (χ2v) is 8.13. The smallest absolute Gasteiger partial charge is 0.224 e. The number of hydrogen-bond donors (Lipinski definition) is 2. The number of aromatic amines is 1. The summed E-state index contributed by atoms with van der Waals surface area (Å²) in [6.07, 6.45) is 2.66. The van der Waals surface area contributed by atoms with Crippen molar-refractivity contribution < 1.29 is 18.9 Å². The van der Waals surface area contributed by atoms with Crippen LogP contribution in [0.5, 0.6) is 5.75 Å². The van der Waals surface area contributed by atoms with Crippen LogP contribution in [-0.2, 0) is 4.79 Å². The van der Waals surface area contributed by atoms with Crippen molar-refractivity contribution in [2.24, 2.45) is 0 Å². The Morgan fingerprint density at radius 1 is 1.30 bits per heavy atom. The molecule has 2 aromatic carbocycles. The molecule has 0 spiro atoms. The lowest BCUT2D eigenvalue weighted by Gasteiger charge is -2.15. The average Bonchev–Trinajstić information content (AvgIpc) is 2.77. The maximum Gasteiger partial charge on any atom is 0.224 e. The Kier molecular flexibility index (Phi) is 8.04. The Balaban J connectivity index is 2.02. The molecule has 0 aliphatic carbocycles. The van der Waals surface area contributed by atoms with Gasteiger partial charge in [0.15, 0.2) is 6.20 Å². The van der Waals surface area contributed by atoms with E-state index in [1.165, 1.54) is 18.2 Å². The molecule has 0 aliphatic rings. The molecular weight excluding hydrogens is 445 g/mol. The molecule has 33 heavy (non-hydrogen) atoms. The Bertz CT molecular complexity index is 1210. The monoisotopic (exact) mass is 470 g/mol. The first-order valence-corrected chi connectivity index (χ1v) is 10.9. The molecule has 1 amide bonds. The van der Waals surface area contributed by atoms with E-state index in [-0.39, 0.29) is 10.9 Å². The van der Waals surface area contributed by atoms with Crippen LogP contribution in [0.2, 0.25) is 5.02 Å². The fourth-order valence-corrected chi connectivity index (χ4v) is 3.54. The number of aromatic nitrogens is 1. The van der Waals surface area contributed by atoms with Gasteiger partial charge in [-0.05, 0) is 58.3 Å². The molecule has 3 N–H and O–H groups in total. The Morgan fingerprint density at radius 3 is 2.76 bits per heavy atom. The summed E-state index contributed by atoms with van der Waals surface area (Å²) in [6.45, 7) is 3.09. The van der Waals surface area contributed by atoms with Crippen molar-refractivity contribution in [1.82, 2.24) is 4.90 Å². The van der Waals surface area contributed by atoms with E-state index in [1.807, 2.05) is 25.9 Å². The minimum absolute atomic E-state index is 0.0328. The first-order valence-electron chi connectivity index (χ1n) is 10.5. The predicted octanol–water partition coefficient (Wildman–Crippen LogP) is 4.74. The van der Waals surface area contributed by atoms with Gasteiger partial charge < -0.3 is 20.3 Å². The lowest BCUT2D eigenvalue weighted by Crippen LogP contribution is -2.18. The highest BCUT2D eigenvalue weighted by molar-refractivity contribution is 6.31. The van der Waals surface area contributed by atoms with Gasteiger partial charge >= 0.3 is 0 Å². The van der Waals surface area contributed by atoms with Crippen molar-refractivity contribution in [3.63, 3.8) is 0 Å². The predicted molar refractivity (Wildman–Crippen MR) is 127 cm³/mol. The number of nitrogens with one attached hydrogen (secondary N) is 3. The van der Waals surface area contributed by atoms with Gasteiger partial charge in [-0.25, -0.2) is 9.37 Å². The molecule has 3 aromatic rings. The molecule has 1 aromatic heterocycles. The van der Waals surface area contributed by atoms with Crippen LogP contribution in [0.25, 0.3) is 10.9 Å². The van der Waals surface area contributed by atoms with Gasteiger partial charge in [0, 0.05) is 12.1 Å². The van der Waals surface area contributed by atoms with E-state index in [9.17, 15) is 14.4 Å². The number of halogens is 2. The van der Waals surface area contributed by atoms with E-state index >= 15 is 0 Å². The fraction of sp³-hybridized carbons (Fsp3) is 0.292. The maximum atomic E-state index is 13.6. The van der Waals surface area contributed by atoms with Crippen LogP contribution in [0.4, 0.5) is 21.5 Å². The van der Waals surface area contributed by atoms with Crippen molar-refractivity contribution >= 4 is 45.5 Å². The summed E-state index contributed by atoms with van der Waals surface area (Å²) < 4.78 is 19.3. The van der Waals surface area contributed by atoms with Crippen LogP contribution in [0.15, 0.2) is 36.5 Å². The van der Waals surface area contributed by atoms with Crippen LogP contribution >= 0.6 is 11.6 Å². The van der Waals surface area contributed by atoms with Crippen LogP contribution < -0.4 is 20.4 Å². The number of nitriles is 1. The quantitative estimate of drug-likeness (QED) is 0.471. The molecule has 0 atom stereocenters. The molecule has 0 bridgehead atoms. The summed E-state index contributed by atoms with van der Waals surface area (Å²) in [6, 6.07) is 9.92. The van der Waals surface area contributed by atoms with Gasteiger partial charge in [-0.1, -0.05) is 11.6 Å². The highest BCUT2D eigenvalue weighted by Crippen LogP contribution is 2.35. The van der Waals surface area contributed by atoms with Gasteiger partial charge in [-0.3, -0.25) is 4.79 Å². The Morgan fingerprint density at radius 2 is 2.09 bits per heavy atom. The first kappa shape index (κ1) is 24.2. The van der Waals surface area contributed by atoms with Crippen LogP contribution in [-0.4, -0.2) is 38.1 Å². The standard InChI is InChI=1S/C24H25ClFN5O2/c1-4-33-22-12-20-17(11-21(22)30-23(32)6-5-9-31(2)3)24(15(13-27)14-28-20)29-16-7-8-19(26)18(25)10-16/h7-8,10-12,14H,4-6,9H2,1-3H3,(H,28,29)(H,30,32)/p+1. The van der Waals surface area contributed by atoms with E-state index in [0.29, 0.717) is 52.3 Å². The molecule has 172 valence electrons. The van der Waals surface area contributed by atoms with Gasteiger partial charge in [0.2, 0.25) is 11.4 Å². The number of hydrogen-bond acceptors (Lipinski definition) is 5. The highest BCUT2D eigenvalue weighted by atomic mass is 35.5. The first-order chi connectivity index (χ1) is 15.8. The summed E-state index contributed by atoms with van der Waals surface area (Å²) in [7, 11) is 3.92. The molecule has 7 nitrogen and oxygen atoms in total. The van der Waals surface area contributed by atoms with E-state index < -0.39 is 5.82 Å². The summed E-state index contributed by atoms with van der Waals surface area (Å²) in [4.78, 5) is 17.7. The highest BCUT2D eigenvalue weighted by Gasteiger charge is 2.19. The zero-order chi connectivity index (χ0) is 24.0. The third-order valence-electron chi connectivity index (χ3n) is 4.92. The zero-order valence-corrected chi connectivity index (χ0v) is 19.5. The second-order valence-electron chi connectivity index (χ2n) is 7.73. The molecule has 0 radical (unpaired) electrons. The largest absolute Gasteiger partial charge is 0.491 e. The van der Waals surface area contributed by atoms with Crippen molar-refractivity contribution in [2.45, 2.75) is 19.8 Å². The number of benzene rings is 2. The van der Waals surface area contributed by atoms with Gasteiger partial charge in [-0.15, -0.1) is 0 Å². The molecule has 0 unspecified atom stereocenters. The number of rotatable bonds is 9. The summed E-state index contributed by atoms with van der Waals surface area (Å²) in [5.74, 6) is -0.144. The van der Waals surface area contributed by atoms with E-state index in [0.717, 1.165) is 13.0 Å². The van der Waals surface area contributed by atoms with E-state index in [1.54, 1.807) is 18.3 Å². The third kappa shape index (κ3) is 6.09. The minimum Gasteiger partial charge on any atom is -0.491 e. The van der Waals surface area contributed by atoms with Crippen LogP contribution in [0.1, 0.15) is 25.3 Å². The van der Waals surface area contributed by atoms with Crippen molar-refractivity contribution in [2.75, 3.05) is 37.9 Å². The number of nitrogens with zero attached hydrogens (tertiary/aromatic N) is 2. The van der Waals surface area contributed by atoms with Crippen molar-refractivity contribution in [3.8, 4) is 11.8 Å². The molecule has 0 aliphatic heterocycles. The van der Waals surface area contributed by atoms with Crippen LogP contribution in [0.3, 0.4) is 0 Å². The van der Waals surface area contributed by atoms with E-state index in [4.69, 9.17) is 16.3 Å². The fourth-order valence-electron chi connectivity index (χ4n) is 3.36. The number of H-pyrrole nitrogens is 1. The Labute approximate surface area is 197 Å². The van der Waals surface area contributed by atoms with Crippen LogP contribution in [0, 0.1) is 17.1 Å². The van der Waals surface area contributed by atoms with Crippen molar-refractivity contribution in [3.05, 3.63) is 52.9 Å². The number of fused-ring (bicyclic) bond motifs is 1. The molecular formula is C24H26ClFN5O2+. The summed E-state index contributed by atoms with van der Waals surface area (Å²) >= 11 is 5.92. The third-order valence-corrected chi connectivity index (χ3v) is 5.21. The number of pyridine rings is 1. The summed E-state index contributed by atoms with van der Waals surface area (Å²) in [5, 5.41) is 16.4. The SMILES string of the molecule is CCOc1cc2[nH+]cc(C#N)c(Nc3ccc(F)c(Cl)c3)c2cc1NC(=O)CCCN(C)C. The second kappa shape index (κ2) is 10.9. The van der Waals surface area contributed by atoms with Gasteiger partial charge in [0.05, 0.1) is 34.5 Å². The Hall–Kier alpha value is -3.41. The molecule has 1 heterocycles. The van der Waals surface area contributed by atoms with Gasteiger partial charge in [0.1, 0.15) is 23.2 Å². The zero-order valence-electron chi connectivity index (χ0n) is 18.8. The molecule has 0 fully saturated rings. The topological polar surface area (TPSA) is 91.5 Å². The normalized spacial score (nSPS) is 10.8. The lowest BCUT2D eigenvalue weighted by molar-refractivity contribution is -0.344. The number of carbonyl (C=O) groups is 1. The minimum atomic E-state index is -0.533. The number of ether oxygens (including phenoxy) is 1. The maximum absolute atomic E-state index is 13.6. The summed E-state index contributed by atoms with van der Waals surface area (Å²) in [5.41, 5.74) is 2.56. The number of amides is 1. The molecule has 0 saturated carbocycles. The molecule has 0 saturated heterocycles. The van der Waals surface area contributed by atoms with Gasteiger partial charge in [-0.2, -0.15) is 5.26 Å². The lowest BCUT2D eigenvalue weighted by atomic mass is 10.1. The molecule has 3 rings (SSSR count). The van der Waals surface area contributed by atoms with E-state index in [2.05, 4.69) is 21.7 Å².